The summed E-state index contributed by atoms with van der Waals surface area (Å²) in [5.74, 6) is 0. The highest BCUT2D eigenvalue weighted by molar-refractivity contribution is 7.71. The first-order valence-corrected chi connectivity index (χ1v) is 7.17. The van der Waals surface area contributed by atoms with Crippen LogP contribution < -0.4 is 4.90 Å². The summed E-state index contributed by atoms with van der Waals surface area (Å²) < 4.78 is 4.23. The van der Waals surface area contributed by atoms with Gasteiger partial charge in [-0.1, -0.05) is 18.2 Å². The smallest absolute Gasteiger partial charge is 0.225 e. The predicted molar refractivity (Wildman–Crippen MR) is 74.7 cm³/mol. The maximum atomic E-state index is 5.46. The van der Waals surface area contributed by atoms with Crippen LogP contribution in [-0.2, 0) is 6.67 Å². The Bertz CT molecular complexity index is 583. The van der Waals surface area contributed by atoms with E-state index >= 15 is 0 Å². The summed E-state index contributed by atoms with van der Waals surface area (Å²) >= 11 is 5.46. The van der Waals surface area contributed by atoms with Crippen LogP contribution in [0.3, 0.4) is 0 Å². The molecule has 1 saturated heterocycles. The van der Waals surface area contributed by atoms with Gasteiger partial charge in [0.25, 0.3) is 0 Å². The molecule has 3 rings (SSSR count). The lowest BCUT2D eigenvalue weighted by Gasteiger charge is -2.22. The Morgan fingerprint density at radius 1 is 1.05 bits per heavy atom. The van der Waals surface area contributed by atoms with Crippen molar-refractivity contribution in [1.29, 1.82) is 0 Å². The van der Waals surface area contributed by atoms with E-state index in [4.69, 9.17) is 12.2 Å². The first-order valence-electron chi connectivity index (χ1n) is 6.76. The van der Waals surface area contributed by atoms with Gasteiger partial charge in [0.1, 0.15) is 0 Å². The Balaban J connectivity index is 1.81. The van der Waals surface area contributed by atoms with Crippen LogP contribution in [0.2, 0.25) is 0 Å². The van der Waals surface area contributed by atoms with Gasteiger partial charge in [-0.2, -0.15) is 9.36 Å². The molecule has 1 aromatic carbocycles. The van der Waals surface area contributed by atoms with Crippen molar-refractivity contribution >= 4 is 12.2 Å². The summed E-state index contributed by atoms with van der Waals surface area (Å²) in [6.07, 6.45) is 3.95. The first kappa shape index (κ1) is 12.5. The minimum Gasteiger partial charge on any atom is -0.316 e. The zero-order valence-corrected chi connectivity index (χ0v) is 11.6. The summed E-state index contributed by atoms with van der Waals surface area (Å²) in [4.78, 5) is 1.54. The van der Waals surface area contributed by atoms with Gasteiger partial charge in [-0.3, -0.25) is 0 Å². The van der Waals surface area contributed by atoms with Crippen molar-refractivity contribution < 1.29 is 4.90 Å². The molecule has 1 aliphatic rings. The van der Waals surface area contributed by atoms with Crippen LogP contribution in [0.15, 0.2) is 30.3 Å². The molecule has 2 heterocycles. The Morgan fingerprint density at radius 2 is 1.79 bits per heavy atom. The lowest BCUT2D eigenvalue weighted by molar-refractivity contribution is -0.928. The number of aromatic nitrogens is 4. The predicted octanol–water partition coefficient (Wildman–Crippen LogP) is 0.825. The van der Waals surface area contributed by atoms with Gasteiger partial charge >= 0.3 is 0 Å². The summed E-state index contributed by atoms with van der Waals surface area (Å²) in [5.41, 5.74) is 0.965. The van der Waals surface area contributed by atoms with Gasteiger partial charge in [-0.25, -0.2) is 0 Å². The Labute approximate surface area is 117 Å². The van der Waals surface area contributed by atoms with Gasteiger partial charge in [0.05, 0.1) is 18.8 Å². The number of nitrogens with zero attached hydrogens (tertiary/aromatic N) is 4. The fourth-order valence-corrected chi connectivity index (χ4v) is 2.77. The number of hydrogen-bond donors (Lipinski definition) is 1. The number of rotatable bonds is 3. The maximum Gasteiger partial charge on any atom is 0.225 e. The quantitative estimate of drug-likeness (QED) is 0.844. The Hall–Kier alpha value is -1.53. The second kappa shape index (κ2) is 5.63. The van der Waals surface area contributed by atoms with E-state index in [-0.39, 0.29) is 0 Å². The van der Waals surface area contributed by atoms with Crippen LogP contribution in [0, 0.1) is 4.77 Å². The molecule has 6 heteroatoms. The van der Waals surface area contributed by atoms with E-state index in [9.17, 15) is 0 Å². The zero-order valence-electron chi connectivity index (χ0n) is 10.8. The van der Waals surface area contributed by atoms with Crippen molar-refractivity contribution in [1.82, 2.24) is 19.8 Å². The third-order valence-corrected chi connectivity index (χ3v) is 3.96. The highest BCUT2D eigenvalue weighted by Crippen LogP contribution is 2.05. The van der Waals surface area contributed by atoms with Crippen molar-refractivity contribution in [3.63, 3.8) is 0 Å². The Morgan fingerprint density at radius 3 is 2.53 bits per heavy atom. The van der Waals surface area contributed by atoms with E-state index in [0.29, 0.717) is 4.77 Å². The van der Waals surface area contributed by atoms with Crippen molar-refractivity contribution in [2.75, 3.05) is 13.1 Å². The van der Waals surface area contributed by atoms with Crippen LogP contribution in [0.5, 0.6) is 0 Å². The lowest BCUT2D eigenvalue weighted by Crippen LogP contribution is -3.12. The normalized spacial score (nSPS) is 16.6. The number of quaternary nitrogens is 1. The summed E-state index contributed by atoms with van der Waals surface area (Å²) in [6, 6.07) is 9.92. The number of benzene rings is 1. The molecule has 1 aliphatic heterocycles. The number of nitrogens with one attached hydrogen (secondary N) is 1. The largest absolute Gasteiger partial charge is 0.316 e. The topological polar surface area (TPSA) is 40.1 Å². The first-order chi connectivity index (χ1) is 9.34. The average molecular weight is 276 g/mol. The third-order valence-electron chi connectivity index (χ3n) is 3.57. The summed E-state index contributed by atoms with van der Waals surface area (Å²) in [7, 11) is 0. The number of tetrazole rings is 1. The molecule has 0 atom stereocenters. The molecule has 1 aromatic heterocycles. The number of para-hydroxylation sites is 1. The van der Waals surface area contributed by atoms with Gasteiger partial charge < -0.3 is 4.90 Å². The molecule has 19 heavy (non-hydrogen) atoms. The molecule has 5 nitrogen and oxygen atoms in total. The van der Waals surface area contributed by atoms with Gasteiger partial charge in [-0.15, -0.1) is 0 Å². The molecule has 0 radical (unpaired) electrons. The van der Waals surface area contributed by atoms with Gasteiger partial charge in [0.2, 0.25) is 4.77 Å². The zero-order chi connectivity index (χ0) is 13.1. The fourth-order valence-electron chi connectivity index (χ4n) is 2.53. The molecule has 0 amide bonds. The number of likely N-dealkylation sites (tertiary alicyclic amines) is 1. The van der Waals surface area contributed by atoms with Crippen LogP contribution in [-0.4, -0.2) is 32.9 Å². The van der Waals surface area contributed by atoms with Crippen LogP contribution in [0.25, 0.3) is 5.69 Å². The molecule has 0 unspecified atom stereocenters. The molecular formula is C13H18N5S+. The van der Waals surface area contributed by atoms with Crippen LogP contribution in [0.1, 0.15) is 19.3 Å². The molecule has 0 saturated carbocycles. The minimum atomic E-state index is 0.671. The van der Waals surface area contributed by atoms with Crippen molar-refractivity contribution in [3.8, 4) is 5.69 Å². The maximum absolute atomic E-state index is 5.46. The van der Waals surface area contributed by atoms with E-state index < -0.39 is 0 Å². The summed E-state index contributed by atoms with van der Waals surface area (Å²) in [6.45, 7) is 3.24. The molecule has 0 spiro atoms. The van der Waals surface area contributed by atoms with E-state index in [1.165, 1.54) is 32.4 Å². The van der Waals surface area contributed by atoms with Gasteiger partial charge in [0, 0.05) is 0 Å². The van der Waals surface area contributed by atoms with Crippen molar-refractivity contribution in [2.24, 2.45) is 0 Å². The van der Waals surface area contributed by atoms with Crippen LogP contribution in [0.4, 0.5) is 0 Å². The van der Waals surface area contributed by atoms with E-state index in [0.717, 1.165) is 12.4 Å². The third kappa shape index (κ3) is 2.74. The van der Waals surface area contributed by atoms with Gasteiger partial charge in [0.15, 0.2) is 6.67 Å². The molecule has 100 valence electrons. The monoisotopic (exact) mass is 276 g/mol. The van der Waals surface area contributed by atoms with Crippen molar-refractivity contribution in [2.45, 2.75) is 25.9 Å². The highest BCUT2D eigenvalue weighted by Gasteiger charge is 2.16. The SMILES string of the molecule is S=c1n(C[NH+]2CCCCC2)nnn1-c1ccccc1. The van der Waals surface area contributed by atoms with E-state index in [1.807, 2.05) is 35.0 Å². The second-order valence-corrected chi connectivity index (χ2v) is 5.34. The molecule has 0 bridgehead atoms. The standard InChI is InChI=1S/C13H17N5S/c19-13-17(11-16-9-5-2-6-10-16)14-15-18(13)12-7-3-1-4-8-12/h1,3-4,7-8H,2,5-6,9-11H2/p+1. The van der Waals surface area contributed by atoms with Gasteiger partial charge in [-0.05, 0) is 54.0 Å². The molecule has 0 aliphatic carbocycles. The minimum absolute atomic E-state index is 0.671. The van der Waals surface area contributed by atoms with E-state index in [1.54, 1.807) is 9.58 Å². The van der Waals surface area contributed by atoms with Crippen molar-refractivity contribution in [3.05, 3.63) is 35.1 Å². The van der Waals surface area contributed by atoms with Crippen LogP contribution >= 0.6 is 12.2 Å². The lowest BCUT2D eigenvalue weighted by atomic mass is 10.1. The number of hydrogen-bond acceptors (Lipinski definition) is 3. The average Bonchev–Trinajstić information content (AvgIpc) is 2.82. The molecule has 2 aromatic rings. The summed E-state index contributed by atoms with van der Waals surface area (Å²) in [5, 5.41) is 8.35. The second-order valence-electron chi connectivity index (χ2n) is 4.98. The highest BCUT2D eigenvalue weighted by atomic mass is 32.1. The molecular weight excluding hydrogens is 258 g/mol. The van der Waals surface area contributed by atoms with E-state index in [2.05, 4.69) is 10.4 Å². The molecule has 1 N–H and O–H groups in total. The fraction of sp³-hybridized carbons (Fsp3) is 0.462. The molecule has 1 fully saturated rings. The Kier molecular flexibility index (Phi) is 3.70. The number of piperidine rings is 1.